The molecule has 1 saturated carbocycles. The van der Waals surface area contributed by atoms with Crippen molar-refractivity contribution < 1.29 is 19.1 Å². The summed E-state index contributed by atoms with van der Waals surface area (Å²) in [6.45, 7) is 15.3. The molecule has 0 aliphatic heterocycles. The number of benzene rings is 1. The third-order valence-electron chi connectivity index (χ3n) is 7.79. The molecule has 1 fully saturated rings. The Morgan fingerprint density at radius 1 is 1.19 bits per heavy atom. The minimum absolute atomic E-state index is 0.00390. The molecule has 2 unspecified atom stereocenters. The predicted molar refractivity (Wildman–Crippen MR) is 146 cm³/mol. The Morgan fingerprint density at radius 3 is 2.39 bits per heavy atom. The van der Waals surface area contributed by atoms with E-state index in [1.165, 1.54) is 0 Å². The molecule has 4 atom stereocenters. The molecule has 7 nitrogen and oxygen atoms in total. The van der Waals surface area contributed by atoms with Crippen molar-refractivity contribution >= 4 is 26.0 Å². The van der Waals surface area contributed by atoms with Gasteiger partial charge in [0.15, 0.2) is 0 Å². The topological polar surface area (TPSA) is 91.8 Å². The van der Waals surface area contributed by atoms with Gasteiger partial charge in [0.25, 0.3) is 0 Å². The molecule has 1 aliphatic carbocycles. The van der Waals surface area contributed by atoms with Crippen LogP contribution in [0.3, 0.4) is 0 Å². The van der Waals surface area contributed by atoms with Crippen molar-refractivity contribution in [1.82, 2.24) is 10.3 Å². The molecule has 8 heteroatoms. The van der Waals surface area contributed by atoms with Crippen LogP contribution in [0.1, 0.15) is 59.1 Å². The lowest BCUT2D eigenvalue weighted by Crippen LogP contribution is -2.49. The molecule has 2 N–H and O–H groups in total. The largest absolute Gasteiger partial charge is 0.544 e. The molecule has 0 saturated heterocycles. The number of carbonyl (C=O) groups excluding carboxylic acids is 1. The van der Waals surface area contributed by atoms with Crippen LogP contribution in [0.25, 0.3) is 0 Å². The van der Waals surface area contributed by atoms with Gasteiger partial charge in [-0.05, 0) is 66.9 Å². The van der Waals surface area contributed by atoms with Gasteiger partial charge in [0, 0.05) is 36.0 Å². The Hall–Kier alpha value is -2.87. The van der Waals surface area contributed by atoms with Crippen LogP contribution in [0.15, 0.2) is 48.7 Å². The lowest BCUT2D eigenvalue weighted by Gasteiger charge is -2.36. The molecule has 0 bridgehead atoms. The number of hydrogen-bond acceptors (Lipinski definition) is 4. The van der Waals surface area contributed by atoms with E-state index in [9.17, 15) is 14.7 Å². The van der Waals surface area contributed by atoms with Crippen LogP contribution in [0.5, 0.6) is 5.75 Å². The molecule has 1 aromatic carbocycles. The first-order chi connectivity index (χ1) is 16.8. The third-order valence-corrected chi connectivity index (χ3v) is 12.1. The summed E-state index contributed by atoms with van der Waals surface area (Å²) in [5.41, 5.74) is 1.67. The van der Waals surface area contributed by atoms with E-state index in [2.05, 4.69) is 44.2 Å². The minimum atomic E-state index is -1.99. The van der Waals surface area contributed by atoms with Gasteiger partial charge in [-0.25, -0.2) is 4.79 Å². The monoisotopic (exact) mass is 511 g/mol. The predicted octanol–water partition coefficient (Wildman–Crippen LogP) is 6.28. The maximum atomic E-state index is 13.8. The van der Waals surface area contributed by atoms with Gasteiger partial charge in [-0.2, -0.15) is 0 Å². The Bertz CT molecular complexity index is 1040. The molecule has 0 spiro atoms. The van der Waals surface area contributed by atoms with E-state index in [0.29, 0.717) is 0 Å². The minimum Gasteiger partial charge on any atom is -0.544 e. The lowest BCUT2D eigenvalue weighted by molar-refractivity contribution is -0.120. The summed E-state index contributed by atoms with van der Waals surface area (Å²) in [5.74, 6) is 0.799. The fourth-order valence-electron chi connectivity index (χ4n) is 4.06. The van der Waals surface area contributed by atoms with Crippen LogP contribution < -0.4 is 14.6 Å². The fourth-order valence-corrected chi connectivity index (χ4v) is 5.09. The van der Waals surface area contributed by atoms with Gasteiger partial charge in [-0.3, -0.25) is 9.78 Å². The summed E-state index contributed by atoms with van der Waals surface area (Å²) in [6.07, 6.45) is 2.22. The molecule has 0 radical (unpaired) electrons. The molecule has 1 aromatic heterocycles. The van der Waals surface area contributed by atoms with E-state index in [1.807, 2.05) is 56.3 Å². The highest BCUT2D eigenvalue weighted by Gasteiger charge is 2.47. The summed E-state index contributed by atoms with van der Waals surface area (Å²) in [6, 6.07) is 13.0. The molecule has 2 amide bonds. The van der Waals surface area contributed by atoms with Crippen LogP contribution in [-0.2, 0) is 4.79 Å². The van der Waals surface area contributed by atoms with Crippen molar-refractivity contribution in [3.8, 4) is 5.75 Å². The number of carboxylic acid groups (broad SMARTS) is 1. The first-order valence-electron chi connectivity index (χ1n) is 12.8. The number of nitrogens with zero attached hydrogens (tertiary/aromatic N) is 2. The number of anilines is 1. The zero-order chi connectivity index (χ0) is 26.7. The normalized spacial score (nSPS) is 19.2. The summed E-state index contributed by atoms with van der Waals surface area (Å²) >= 11 is 0. The van der Waals surface area contributed by atoms with E-state index in [-0.39, 0.29) is 41.3 Å². The van der Waals surface area contributed by atoms with Gasteiger partial charge in [-0.15, -0.1) is 0 Å². The van der Waals surface area contributed by atoms with Gasteiger partial charge in [0.1, 0.15) is 5.75 Å². The first-order valence-corrected chi connectivity index (χ1v) is 15.8. The summed E-state index contributed by atoms with van der Waals surface area (Å²) < 4.78 is 6.42. The van der Waals surface area contributed by atoms with Gasteiger partial charge in [0.05, 0.1) is 6.04 Å². The molecule has 2 aromatic rings. The Balaban J connectivity index is 1.87. The second-order valence-electron chi connectivity index (χ2n) is 11.4. The summed E-state index contributed by atoms with van der Waals surface area (Å²) in [4.78, 5) is 31.5. The molecule has 1 heterocycles. The number of aromatic nitrogens is 1. The van der Waals surface area contributed by atoms with Gasteiger partial charge >= 0.3 is 6.09 Å². The zero-order valence-corrected chi connectivity index (χ0v) is 23.6. The van der Waals surface area contributed by atoms with Crippen molar-refractivity contribution in [2.24, 2.45) is 11.8 Å². The number of hydrogen-bond donors (Lipinski definition) is 2. The van der Waals surface area contributed by atoms with E-state index in [4.69, 9.17) is 4.43 Å². The molecular weight excluding hydrogens is 470 g/mol. The van der Waals surface area contributed by atoms with Crippen LogP contribution in [-0.4, -0.2) is 43.0 Å². The Kier molecular flexibility index (Phi) is 8.49. The zero-order valence-electron chi connectivity index (χ0n) is 22.6. The highest BCUT2D eigenvalue weighted by atomic mass is 28.4. The molecule has 36 heavy (non-hydrogen) atoms. The number of carbonyl (C=O) groups is 2. The van der Waals surface area contributed by atoms with Crippen molar-refractivity contribution in [3.63, 3.8) is 0 Å². The molecular formula is C28H41N3O4Si. The van der Waals surface area contributed by atoms with Crippen LogP contribution in [0.4, 0.5) is 10.5 Å². The first kappa shape index (κ1) is 27.7. The Morgan fingerprint density at radius 2 is 1.86 bits per heavy atom. The van der Waals surface area contributed by atoms with Crippen LogP contribution in [0, 0.1) is 11.8 Å². The summed E-state index contributed by atoms with van der Waals surface area (Å²) in [7, 11) is -1.99. The maximum absolute atomic E-state index is 13.8. The standard InChI is InChI=1S/C28H41N3O4Si/c1-8-19(2)25(30-27(33)34)18-31(26(32)23-17-22(23)24-11-9-10-16-29-24)20-12-14-21(15-13-20)35-36(6,7)28(3,4)5/h9-16,19,22-23,25,30H,8,17-18H2,1-7H3,(H,33,34)/t19-,22?,23?,25+/m0/s1. The SMILES string of the molecule is CC[C@H](C)[C@@H](CN(C(=O)C1CC1c1ccccn1)c1ccc(O[Si](C)(C)C(C)(C)C)cc1)NC(=O)O. The Labute approximate surface area is 216 Å². The van der Waals surface area contributed by atoms with Gasteiger partial charge in [-0.1, -0.05) is 47.1 Å². The third kappa shape index (κ3) is 6.66. The fraction of sp³-hybridized carbons (Fsp3) is 0.536. The molecule has 196 valence electrons. The molecule has 1 aliphatic rings. The van der Waals surface area contributed by atoms with E-state index < -0.39 is 14.4 Å². The number of amides is 2. The van der Waals surface area contributed by atoms with Crippen molar-refractivity contribution in [2.45, 2.75) is 77.6 Å². The quantitative estimate of drug-likeness (QED) is 0.366. The van der Waals surface area contributed by atoms with Crippen molar-refractivity contribution in [3.05, 3.63) is 54.4 Å². The van der Waals surface area contributed by atoms with Crippen molar-refractivity contribution in [1.29, 1.82) is 0 Å². The highest BCUT2D eigenvalue weighted by Crippen LogP contribution is 2.48. The number of nitrogens with one attached hydrogen (secondary N) is 1. The van der Waals surface area contributed by atoms with Gasteiger partial charge in [0.2, 0.25) is 14.2 Å². The second-order valence-corrected chi connectivity index (χ2v) is 16.2. The number of pyridine rings is 1. The van der Waals surface area contributed by atoms with E-state index >= 15 is 0 Å². The van der Waals surface area contributed by atoms with E-state index in [1.54, 1.807) is 11.1 Å². The highest BCUT2D eigenvalue weighted by molar-refractivity contribution is 6.74. The second kappa shape index (κ2) is 11.0. The van der Waals surface area contributed by atoms with E-state index in [0.717, 1.165) is 30.0 Å². The van der Waals surface area contributed by atoms with Crippen molar-refractivity contribution in [2.75, 3.05) is 11.4 Å². The maximum Gasteiger partial charge on any atom is 0.404 e. The van der Waals surface area contributed by atoms with Crippen LogP contribution >= 0.6 is 0 Å². The van der Waals surface area contributed by atoms with Crippen LogP contribution in [0.2, 0.25) is 18.1 Å². The van der Waals surface area contributed by atoms with Gasteiger partial charge < -0.3 is 19.7 Å². The smallest absolute Gasteiger partial charge is 0.404 e. The lowest BCUT2D eigenvalue weighted by atomic mass is 9.98. The average Bonchev–Trinajstić information content (AvgIpc) is 3.62. The average molecular weight is 512 g/mol. The molecule has 3 rings (SSSR count). The number of rotatable bonds is 10. The summed E-state index contributed by atoms with van der Waals surface area (Å²) in [5, 5.41) is 12.2.